The number of hydrogen-bond donors (Lipinski definition) is 0. The van der Waals surface area contributed by atoms with Crippen LogP contribution in [0.4, 0.5) is 22.0 Å². The van der Waals surface area contributed by atoms with E-state index >= 15 is 0 Å². The van der Waals surface area contributed by atoms with Gasteiger partial charge in [-0.3, -0.25) is 4.79 Å². The number of aldehydes is 1. The van der Waals surface area contributed by atoms with Crippen molar-refractivity contribution in [3.8, 4) is 0 Å². The molecule has 1 saturated heterocycles. The number of carbonyl (C=O) groups excluding carboxylic acids is 2. The first-order chi connectivity index (χ1) is 12.6. The summed E-state index contributed by atoms with van der Waals surface area (Å²) in [7, 11) is 0. The highest BCUT2D eigenvalue weighted by molar-refractivity contribution is 5.81. The van der Waals surface area contributed by atoms with E-state index < -0.39 is 58.5 Å². The van der Waals surface area contributed by atoms with Gasteiger partial charge in [0.15, 0.2) is 29.6 Å². The SMILES string of the molecule is CC1C(c2ccc(F)c(F)c2C=O)C(C(=O)OC(C)(C)C)OC1(C)C(F)(F)F. The second kappa shape index (κ2) is 7.09. The Kier molecular flexibility index (Phi) is 5.64. The zero-order valence-corrected chi connectivity index (χ0v) is 16.0. The molecule has 28 heavy (non-hydrogen) atoms. The zero-order chi connectivity index (χ0) is 21.7. The van der Waals surface area contributed by atoms with Crippen molar-refractivity contribution < 1.29 is 41.0 Å². The van der Waals surface area contributed by atoms with E-state index in [0.29, 0.717) is 6.07 Å². The van der Waals surface area contributed by atoms with Crippen LogP contribution >= 0.6 is 0 Å². The summed E-state index contributed by atoms with van der Waals surface area (Å²) in [4.78, 5) is 23.9. The highest BCUT2D eigenvalue weighted by Gasteiger charge is 2.66. The van der Waals surface area contributed by atoms with Crippen LogP contribution in [0.5, 0.6) is 0 Å². The maximum atomic E-state index is 14.1. The van der Waals surface area contributed by atoms with E-state index in [1.54, 1.807) is 0 Å². The summed E-state index contributed by atoms with van der Waals surface area (Å²) < 4.78 is 79.0. The minimum atomic E-state index is -4.86. The molecule has 2 rings (SSSR count). The smallest absolute Gasteiger partial charge is 0.417 e. The van der Waals surface area contributed by atoms with Crippen molar-refractivity contribution in [3.63, 3.8) is 0 Å². The minimum Gasteiger partial charge on any atom is -0.458 e. The third-order valence-corrected chi connectivity index (χ3v) is 4.95. The first kappa shape index (κ1) is 22.3. The van der Waals surface area contributed by atoms with Crippen molar-refractivity contribution >= 4 is 12.3 Å². The van der Waals surface area contributed by atoms with E-state index in [9.17, 15) is 31.5 Å². The molecule has 0 N–H and O–H groups in total. The fraction of sp³-hybridized carbons (Fsp3) is 0.579. The van der Waals surface area contributed by atoms with E-state index in [1.807, 2.05) is 0 Å². The number of hydrogen-bond acceptors (Lipinski definition) is 4. The van der Waals surface area contributed by atoms with Crippen LogP contribution in [0, 0.1) is 17.6 Å². The molecular weight excluding hydrogens is 387 g/mol. The molecule has 1 aliphatic rings. The first-order valence-corrected chi connectivity index (χ1v) is 8.54. The molecule has 1 heterocycles. The number of ether oxygens (including phenoxy) is 2. The van der Waals surface area contributed by atoms with Crippen LogP contribution < -0.4 is 0 Å². The summed E-state index contributed by atoms with van der Waals surface area (Å²) in [5.74, 6) is -6.68. The van der Waals surface area contributed by atoms with Gasteiger partial charge < -0.3 is 9.47 Å². The monoisotopic (exact) mass is 408 g/mol. The van der Waals surface area contributed by atoms with Crippen molar-refractivity contribution in [1.29, 1.82) is 0 Å². The number of esters is 1. The molecule has 156 valence electrons. The minimum absolute atomic E-state index is 0.00979. The van der Waals surface area contributed by atoms with E-state index in [0.717, 1.165) is 13.0 Å². The second-order valence-corrected chi connectivity index (χ2v) is 7.97. The molecule has 0 saturated carbocycles. The lowest BCUT2D eigenvalue weighted by atomic mass is 9.76. The largest absolute Gasteiger partial charge is 0.458 e. The molecule has 9 heteroatoms. The molecule has 0 radical (unpaired) electrons. The number of carbonyl (C=O) groups is 2. The lowest BCUT2D eigenvalue weighted by Crippen LogP contribution is -2.47. The van der Waals surface area contributed by atoms with Crippen LogP contribution in [0.2, 0.25) is 0 Å². The molecule has 0 spiro atoms. The van der Waals surface area contributed by atoms with Gasteiger partial charge in [0.2, 0.25) is 0 Å². The molecule has 1 aromatic rings. The summed E-state index contributed by atoms with van der Waals surface area (Å²) in [5.41, 5.74) is -4.78. The van der Waals surface area contributed by atoms with Gasteiger partial charge in [-0.1, -0.05) is 13.0 Å². The van der Waals surface area contributed by atoms with Crippen molar-refractivity contribution in [2.45, 2.75) is 64.0 Å². The number of alkyl halides is 3. The molecule has 4 unspecified atom stereocenters. The second-order valence-electron chi connectivity index (χ2n) is 7.97. The average Bonchev–Trinajstić information content (AvgIpc) is 2.81. The molecule has 0 amide bonds. The van der Waals surface area contributed by atoms with Crippen LogP contribution in [0.15, 0.2) is 12.1 Å². The molecule has 1 aliphatic heterocycles. The number of rotatable bonds is 3. The highest BCUT2D eigenvalue weighted by Crippen LogP contribution is 2.54. The summed E-state index contributed by atoms with van der Waals surface area (Å²) in [5, 5.41) is 0. The fourth-order valence-corrected chi connectivity index (χ4v) is 3.35. The molecule has 1 fully saturated rings. The van der Waals surface area contributed by atoms with Gasteiger partial charge in [0.25, 0.3) is 0 Å². The molecule has 1 aromatic carbocycles. The predicted octanol–water partition coefficient (Wildman–Crippen LogP) is 4.56. The molecule has 4 atom stereocenters. The molecule has 0 bridgehead atoms. The quantitative estimate of drug-likeness (QED) is 0.418. The van der Waals surface area contributed by atoms with Gasteiger partial charge in [0, 0.05) is 11.8 Å². The number of halogens is 5. The topological polar surface area (TPSA) is 52.6 Å². The van der Waals surface area contributed by atoms with Crippen LogP contribution in [-0.4, -0.2) is 35.7 Å². The van der Waals surface area contributed by atoms with Gasteiger partial charge >= 0.3 is 12.1 Å². The van der Waals surface area contributed by atoms with Crippen molar-refractivity contribution in [1.82, 2.24) is 0 Å². The Labute approximate surface area is 159 Å². The van der Waals surface area contributed by atoms with Crippen molar-refractivity contribution in [2.75, 3.05) is 0 Å². The van der Waals surface area contributed by atoms with Crippen molar-refractivity contribution in [3.05, 3.63) is 34.9 Å². The molecule has 4 nitrogen and oxygen atoms in total. The lowest BCUT2D eigenvalue weighted by Gasteiger charge is -2.31. The van der Waals surface area contributed by atoms with Gasteiger partial charge in [-0.15, -0.1) is 0 Å². The Balaban J connectivity index is 2.65. The summed E-state index contributed by atoms with van der Waals surface area (Å²) >= 11 is 0. The van der Waals surface area contributed by atoms with E-state index in [2.05, 4.69) is 0 Å². The highest BCUT2D eigenvalue weighted by atomic mass is 19.4. The number of benzene rings is 1. The standard InChI is InChI=1S/C19H21F5O4/c1-9-13(10-6-7-12(20)14(21)11(10)8-25)15(16(26)28-17(2,3)4)27-18(9,5)19(22,23)24/h6-9,13,15H,1-5H3. The fourth-order valence-electron chi connectivity index (χ4n) is 3.35. The summed E-state index contributed by atoms with van der Waals surface area (Å²) in [6.45, 7) is 6.52. The molecule has 0 aromatic heterocycles. The average molecular weight is 408 g/mol. The Hall–Kier alpha value is -2.03. The maximum Gasteiger partial charge on any atom is 0.417 e. The molecule has 0 aliphatic carbocycles. The Morgan fingerprint density at radius 3 is 2.25 bits per heavy atom. The van der Waals surface area contributed by atoms with Crippen LogP contribution in [0.1, 0.15) is 56.5 Å². The third-order valence-electron chi connectivity index (χ3n) is 4.95. The Bertz CT molecular complexity index is 784. The zero-order valence-electron chi connectivity index (χ0n) is 16.0. The van der Waals surface area contributed by atoms with Crippen LogP contribution in [0.25, 0.3) is 0 Å². The van der Waals surface area contributed by atoms with Crippen molar-refractivity contribution in [2.24, 2.45) is 5.92 Å². The van der Waals surface area contributed by atoms with Gasteiger partial charge in [-0.25, -0.2) is 13.6 Å². The van der Waals surface area contributed by atoms with Gasteiger partial charge in [0.1, 0.15) is 5.60 Å². The van der Waals surface area contributed by atoms with E-state index in [1.165, 1.54) is 27.7 Å². The Morgan fingerprint density at radius 1 is 1.21 bits per heavy atom. The maximum absolute atomic E-state index is 14.1. The van der Waals surface area contributed by atoms with E-state index in [-0.39, 0.29) is 11.8 Å². The molecular formula is C19H21F5O4. The third kappa shape index (κ3) is 3.76. The lowest BCUT2D eigenvalue weighted by molar-refractivity contribution is -0.274. The summed E-state index contributed by atoms with van der Waals surface area (Å²) in [6.07, 6.45) is -6.61. The summed E-state index contributed by atoms with van der Waals surface area (Å²) in [6, 6.07) is 1.69. The van der Waals surface area contributed by atoms with Gasteiger partial charge in [-0.2, -0.15) is 13.2 Å². The predicted molar refractivity (Wildman–Crippen MR) is 88.8 cm³/mol. The van der Waals surface area contributed by atoms with Gasteiger partial charge in [0.05, 0.1) is 5.56 Å². The van der Waals surface area contributed by atoms with Gasteiger partial charge in [-0.05, 0) is 39.3 Å². The van der Waals surface area contributed by atoms with Crippen LogP contribution in [-0.2, 0) is 14.3 Å². The van der Waals surface area contributed by atoms with Crippen LogP contribution in [0.3, 0.4) is 0 Å². The first-order valence-electron chi connectivity index (χ1n) is 8.54. The Morgan fingerprint density at radius 2 is 1.79 bits per heavy atom. The van der Waals surface area contributed by atoms with E-state index in [4.69, 9.17) is 9.47 Å². The normalized spacial score (nSPS) is 28.3.